The van der Waals surface area contributed by atoms with Crippen LogP contribution in [0.25, 0.3) is 11.1 Å². The monoisotopic (exact) mass is 628 g/mol. The summed E-state index contributed by atoms with van der Waals surface area (Å²) in [5.41, 5.74) is 2.63. The third-order valence-corrected chi connectivity index (χ3v) is 8.25. The van der Waals surface area contributed by atoms with Crippen molar-refractivity contribution >= 4 is 52.3 Å². The maximum atomic E-state index is 15.6. The van der Waals surface area contributed by atoms with E-state index in [1.165, 1.54) is 30.0 Å². The first kappa shape index (κ1) is 30.7. The van der Waals surface area contributed by atoms with Crippen molar-refractivity contribution in [2.75, 3.05) is 63.3 Å². The van der Waals surface area contributed by atoms with Gasteiger partial charge in [0.05, 0.1) is 35.0 Å². The zero-order valence-corrected chi connectivity index (χ0v) is 25.3. The Morgan fingerprint density at radius 2 is 1.74 bits per heavy atom. The molecule has 9 nitrogen and oxygen atoms in total. The van der Waals surface area contributed by atoms with Crippen molar-refractivity contribution in [3.63, 3.8) is 0 Å². The molecular formula is C31H31Cl2FN4O5. The lowest BCUT2D eigenvalue weighted by Crippen LogP contribution is -2.48. The van der Waals surface area contributed by atoms with Gasteiger partial charge in [0.25, 0.3) is 5.91 Å². The van der Waals surface area contributed by atoms with Gasteiger partial charge >= 0.3 is 0 Å². The van der Waals surface area contributed by atoms with Crippen molar-refractivity contribution < 1.29 is 28.2 Å². The minimum absolute atomic E-state index is 0.191. The van der Waals surface area contributed by atoms with Crippen LogP contribution in [0.4, 0.5) is 15.8 Å². The summed E-state index contributed by atoms with van der Waals surface area (Å²) < 4.78 is 26.6. The summed E-state index contributed by atoms with van der Waals surface area (Å²) in [6.45, 7) is 3.85. The molecule has 0 radical (unpaired) electrons. The Morgan fingerprint density at radius 3 is 2.42 bits per heavy atom. The van der Waals surface area contributed by atoms with Gasteiger partial charge in [-0.1, -0.05) is 47.5 Å². The van der Waals surface area contributed by atoms with Crippen molar-refractivity contribution in [2.45, 2.75) is 13.0 Å². The summed E-state index contributed by atoms with van der Waals surface area (Å²) in [7, 11) is 1.65. The number of benzene rings is 3. The number of anilines is 2. The molecule has 226 valence electrons. The highest BCUT2D eigenvalue weighted by Crippen LogP contribution is 2.39. The number of nitrogens with zero attached hydrogens (tertiary/aromatic N) is 3. The number of halogens is 3. The molecule has 3 aromatic carbocycles. The first-order valence-corrected chi connectivity index (χ1v) is 14.5. The van der Waals surface area contributed by atoms with E-state index in [9.17, 15) is 14.4 Å². The summed E-state index contributed by atoms with van der Waals surface area (Å²) in [6, 6.07) is 14.4. The third kappa shape index (κ3) is 7.10. The van der Waals surface area contributed by atoms with E-state index in [4.69, 9.17) is 32.7 Å². The van der Waals surface area contributed by atoms with E-state index in [1.807, 2.05) is 6.07 Å². The van der Waals surface area contributed by atoms with E-state index in [1.54, 1.807) is 42.3 Å². The Labute approximate surface area is 259 Å². The predicted octanol–water partition coefficient (Wildman–Crippen LogP) is 5.02. The molecule has 2 aliphatic heterocycles. The number of carbonyl (C=O) groups is 3. The van der Waals surface area contributed by atoms with Crippen molar-refractivity contribution in [2.24, 2.45) is 0 Å². The lowest BCUT2D eigenvalue weighted by atomic mass is 9.98. The molecule has 2 aliphatic rings. The number of morpholine rings is 1. The molecule has 2 heterocycles. The average Bonchev–Trinajstić information content (AvgIpc) is 2.98. The van der Waals surface area contributed by atoms with Crippen LogP contribution in [0.1, 0.15) is 18.5 Å². The number of fused-ring (bicyclic) bond motifs is 1. The average molecular weight is 630 g/mol. The quantitative estimate of drug-likeness (QED) is 0.377. The zero-order valence-electron chi connectivity index (χ0n) is 23.7. The lowest BCUT2D eigenvalue weighted by Gasteiger charge is -2.37. The maximum Gasteiger partial charge on any atom is 0.265 e. The van der Waals surface area contributed by atoms with E-state index in [2.05, 4.69) is 10.2 Å². The van der Waals surface area contributed by atoms with Gasteiger partial charge in [-0.15, -0.1) is 0 Å². The number of likely N-dealkylation sites (N-methyl/N-ethyl adjacent to an activating group) is 1. The van der Waals surface area contributed by atoms with E-state index in [0.29, 0.717) is 66.7 Å². The van der Waals surface area contributed by atoms with Crippen LogP contribution in [0.3, 0.4) is 0 Å². The molecule has 0 spiro atoms. The van der Waals surface area contributed by atoms with Gasteiger partial charge in [0.1, 0.15) is 18.1 Å². The number of hydrogen-bond donors (Lipinski definition) is 1. The van der Waals surface area contributed by atoms with Gasteiger partial charge < -0.3 is 19.7 Å². The molecule has 1 N–H and O–H groups in total. The van der Waals surface area contributed by atoms with E-state index >= 15 is 4.39 Å². The van der Waals surface area contributed by atoms with E-state index in [0.717, 1.165) is 0 Å². The summed E-state index contributed by atoms with van der Waals surface area (Å²) >= 11 is 12.3. The summed E-state index contributed by atoms with van der Waals surface area (Å²) in [5, 5.41) is 3.21. The van der Waals surface area contributed by atoms with Crippen LogP contribution in [0, 0.1) is 5.82 Å². The fraction of sp³-hybridized carbons (Fsp3) is 0.323. The highest BCUT2D eigenvalue weighted by Gasteiger charge is 2.32. The van der Waals surface area contributed by atoms with Crippen LogP contribution < -0.4 is 15.0 Å². The smallest absolute Gasteiger partial charge is 0.265 e. The molecule has 0 aromatic heterocycles. The molecule has 3 aromatic rings. The van der Waals surface area contributed by atoms with Gasteiger partial charge in [-0.3, -0.25) is 24.2 Å². The van der Waals surface area contributed by atoms with Crippen LogP contribution in [0.5, 0.6) is 5.75 Å². The molecule has 1 fully saturated rings. The normalized spacial score (nSPS) is 15.8. The van der Waals surface area contributed by atoms with Crippen LogP contribution in [0.2, 0.25) is 10.0 Å². The van der Waals surface area contributed by atoms with Gasteiger partial charge in [0.15, 0.2) is 6.61 Å². The van der Waals surface area contributed by atoms with Crippen LogP contribution in [0.15, 0.2) is 54.6 Å². The second-order valence-electron chi connectivity index (χ2n) is 10.4. The minimum Gasteiger partial charge on any atom is -0.482 e. The second-order valence-corrected chi connectivity index (χ2v) is 11.2. The highest BCUT2D eigenvalue weighted by atomic mass is 35.5. The molecular weight excluding hydrogens is 598 g/mol. The van der Waals surface area contributed by atoms with Gasteiger partial charge in [0, 0.05) is 50.9 Å². The number of amides is 3. The molecule has 12 heteroatoms. The number of ether oxygens (including phenoxy) is 2. The first-order chi connectivity index (χ1) is 20.6. The number of nitrogens with one attached hydrogen (secondary N) is 1. The largest absolute Gasteiger partial charge is 0.482 e. The molecule has 0 aliphatic carbocycles. The molecule has 3 amide bonds. The van der Waals surface area contributed by atoms with E-state index in [-0.39, 0.29) is 35.0 Å². The van der Waals surface area contributed by atoms with Crippen LogP contribution in [-0.4, -0.2) is 80.6 Å². The van der Waals surface area contributed by atoms with Crippen molar-refractivity contribution in [3.8, 4) is 16.9 Å². The Kier molecular flexibility index (Phi) is 9.51. The molecule has 5 rings (SSSR count). The van der Waals surface area contributed by atoms with Gasteiger partial charge in [-0.2, -0.15) is 0 Å². The Balaban J connectivity index is 1.40. The molecule has 43 heavy (non-hydrogen) atoms. The summed E-state index contributed by atoms with van der Waals surface area (Å²) in [6.07, 6.45) is 0. The van der Waals surface area contributed by atoms with Crippen LogP contribution in [-0.2, 0) is 19.1 Å². The number of rotatable bonds is 8. The highest BCUT2D eigenvalue weighted by molar-refractivity contribution is 6.42. The maximum absolute atomic E-state index is 15.6. The fourth-order valence-corrected chi connectivity index (χ4v) is 5.49. The summed E-state index contributed by atoms with van der Waals surface area (Å²) in [5.74, 6) is -1.01. The SMILES string of the molecule is CC(=O)Nc1ccc(-c2ccc(C(CN3CCOCC3)N(C)C(=O)CN3C(=O)COc4cc(Cl)c(Cl)cc43)cc2F)cc1. The minimum atomic E-state index is -0.513. The number of hydrogen-bond acceptors (Lipinski definition) is 6. The first-order valence-electron chi connectivity index (χ1n) is 13.8. The van der Waals surface area contributed by atoms with E-state index < -0.39 is 17.8 Å². The molecule has 1 atom stereocenters. The number of carbonyl (C=O) groups excluding carboxylic acids is 3. The van der Waals surface area contributed by atoms with Crippen LogP contribution >= 0.6 is 23.2 Å². The molecule has 0 saturated carbocycles. The molecule has 0 bridgehead atoms. The van der Waals surface area contributed by atoms with Crippen molar-refractivity contribution in [1.82, 2.24) is 9.80 Å². The Bertz CT molecular complexity index is 1530. The second kappa shape index (κ2) is 13.3. The van der Waals surface area contributed by atoms with Gasteiger partial charge in [-0.25, -0.2) is 4.39 Å². The Morgan fingerprint density at radius 1 is 1.05 bits per heavy atom. The summed E-state index contributed by atoms with van der Waals surface area (Å²) in [4.78, 5) is 42.9. The standard InChI is InChI=1S/C31H31Cl2FN4O5/c1-19(39)35-22-6-3-20(4-7-22)23-8-5-21(13-26(23)34)28(16-37-9-11-42-12-10-37)36(2)30(40)17-38-27-14-24(32)25(33)15-29(27)43-18-31(38)41/h3-8,13-15,28H,9-12,16-18H2,1-2H3,(H,35,39). The van der Waals surface area contributed by atoms with Gasteiger partial charge in [-0.05, 0) is 35.4 Å². The topological polar surface area (TPSA) is 91.4 Å². The van der Waals surface area contributed by atoms with Gasteiger partial charge in [0.2, 0.25) is 11.8 Å². The predicted molar refractivity (Wildman–Crippen MR) is 163 cm³/mol. The molecule has 1 unspecified atom stereocenters. The van der Waals surface area contributed by atoms with Crippen molar-refractivity contribution in [3.05, 3.63) is 76.0 Å². The zero-order chi connectivity index (χ0) is 30.7. The Hall–Kier alpha value is -3.70. The fourth-order valence-electron chi connectivity index (χ4n) is 5.18. The van der Waals surface area contributed by atoms with Crippen molar-refractivity contribution in [1.29, 1.82) is 0 Å². The molecule has 1 saturated heterocycles. The lowest BCUT2D eigenvalue weighted by molar-refractivity contribution is -0.133. The third-order valence-electron chi connectivity index (χ3n) is 7.53.